The summed E-state index contributed by atoms with van der Waals surface area (Å²) in [7, 11) is 1.57. The summed E-state index contributed by atoms with van der Waals surface area (Å²) < 4.78 is 19.7. The lowest BCUT2D eigenvalue weighted by atomic mass is 9.89. The molecule has 2 rings (SSSR count). The van der Waals surface area contributed by atoms with E-state index in [2.05, 4.69) is 49.7 Å². The molecule has 0 saturated heterocycles. The molecule has 0 aliphatic carbocycles. The maximum Gasteiger partial charge on any atom is 0.131 e. The number of benzene rings is 2. The predicted molar refractivity (Wildman–Crippen MR) is 89.1 cm³/mol. The van der Waals surface area contributed by atoms with Gasteiger partial charge in [-0.05, 0) is 67.6 Å². The monoisotopic (exact) mass is 350 g/mol. The van der Waals surface area contributed by atoms with Gasteiger partial charge >= 0.3 is 0 Å². The molecule has 3 heteroatoms. The minimum absolute atomic E-state index is 0.229. The summed E-state index contributed by atoms with van der Waals surface area (Å²) in [6, 6.07) is 7.10. The van der Waals surface area contributed by atoms with Crippen molar-refractivity contribution in [2.45, 2.75) is 32.5 Å². The first-order chi connectivity index (χ1) is 9.88. The van der Waals surface area contributed by atoms with E-state index in [4.69, 9.17) is 4.74 Å². The van der Waals surface area contributed by atoms with Crippen LogP contribution in [0.5, 0.6) is 5.75 Å². The highest BCUT2D eigenvalue weighted by molar-refractivity contribution is 9.09. The summed E-state index contributed by atoms with van der Waals surface area (Å²) in [6.07, 6.45) is 0. The van der Waals surface area contributed by atoms with E-state index in [1.54, 1.807) is 19.2 Å². The van der Waals surface area contributed by atoms with E-state index < -0.39 is 0 Å². The first-order valence-corrected chi connectivity index (χ1v) is 7.83. The maximum absolute atomic E-state index is 14.3. The minimum Gasteiger partial charge on any atom is -0.496 e. The van der Waals surface area contributed by atoms with E-state index in [1.807, 2.05) is 0 Å². The van der Waals surface area contributed by atoms with Gasteiger partial charge in [0.05, 0.1) is 11.9 Å². The van der Waals surface area contributed by atoms with Crippen LogP contribution in [-0.2, 0) is 0 Å². The van der Waals surface area contributed by atoms with Gasteiger partial charge < -0.3 is 4.74 Å². The maximum atomic E-state index is 14.3. The zero-order chi connectivity index (χ0) is 15.7. The molecular formula is C18H20BrFO. The van der Waals surface area contributed by atoms with Crippen LogP contribution in [0.1, 0.15) is 38.2 Å². The standard InChI is InChI=1S/C18H20BrFO/c1-10-9-11(2)13(4)16(12(10)3)18(19)17-14(20)7-6-8-15(17)21-5/h6-9,18H,1-5H3. The van der Waals surface area contributed by atoms with Crippen LogP contribution in [0, 0.1) is 33.5 Å². The van der Waals surface area contributed by atoms with Crippen molar-refractivity contribution >= 4 is 15.9 Å². The lowest BCUT2D eigenvalue weighted by Gasteiger charge is -2.22. The van der Waals surface area contributed by atoms with Crippen molar-refractivity contribution in [2.75, 3.05) is 7.11 Å². The van der Waals surface area contributed by atoms with Gasteiger partial charge in [0.15, 0.2) is 0 Å². The van der Waals surface area contributed by atoms with Crippen LogP contribution in [0.15, 0.2) is 24.3 Å². The molecule has 1 atom stereocenters. The van der Waals surface area contributed by atoms with Crippen molar-refractivity contribution in [3.8, 4) is 5.75 Å². The third kappa shape index (κ3) is 2.84. The Kier molecular flexibility index (Phi) is 4.72. The van der Waals surface area contributed by atoms with E-state index in [9.17, 15) is 4.39 Å². The normalized spacial score (nSPS) is 12.3. The molecule has 1 nitrogen and oxygen atoms in total. The molecule has 0 N–H and O–H groups in total. The summed E-state index contributed by atoms with van der Waals surface area (Å²) in [4.78, 5) is -0.229. The van der Waals surface area contributed by atoms with Crippen molar-refractivity contribution in [2.24, 2.45) is 0 Å². The van der Waals surface area contributed by atoms with Crippen LogP contribution in [0.3, 0.4) is 0 Å². The highest BCUT2D eigenvalue weighted by Gasteiger charge is 2.24. The van der Waals surface area contributed by atoms with E-state index >= 15 is 0 Å². The Morgan fingerprint density at radius 3 is 2.10 bits per heavy atom. The van der Waals surface area contributed by atoms with Gasteiger partial charge in [0.25, 0.3) is 0 Å². The van der Waals surface area contributed by atoms with Gasteiger partial charge in [-0.25, -0.2) is 4.39 Å². The van der Waals surface area contributed by atoms with E-state index in [1.165, 1.54) is 28.3 Å². The number of rotatable bonds is 3. The fourth-order valence-corrected chi connectivity index (χ4v) is 3.84. The molecule has 2 aromatic carbocycles. The van der Waals surface area contributed by atoms with Crippen molar-refractivity contribution < 1.29 is 9.13 Å². The van der Waals surface area contributed by atoms with Crippen LogP contribution in [-0.4, -0.2) is 7.11 Å². The first-order valence-electron chi connectivity index (χ1n) is 6.92. The summed E-state index contributed by atoms with van der Waals surface area (Å²) in [5.74, 6) is 0.309. The van der Waals surface area contributed by atoms with Crippen LogP contribution in [0.2, 0.25) is 0 Å². The molecule has 0 heterocycles. The molecule has 112 valence electrons. The molecule has 0 aliphatic rings. The molecule has 0 spiro atoms. The van der Waals surface area contributed by atoms with Gasteiger partial charge in [0.2, 0.25) is 0 Å². The summed E-state index contributed by atoms with van der Waals surface area (Å²) in [5, 5.41) is 0. The number of hydrogen-bond donors (Lipinski definition) is 0. The van der Waals surface area contributed by atoms with Crippen LogP contribution in [0.4, 0.5) is 4.39 Å². The quantitative estimate of drug-likeness (QED) is 0.659. The SMILES string of the molecule is COc1cccc(F)c1C(Br)c1c(C)c(C)cc(C)c1C. The number of methoxy groups -OCH3 is 1. The Hall–Kier alpha value is -1.35. The third-order valence-corrected chi connectivity index (χ3v) is 5.08. The van der Waals surface area contributed by atoms with E-state index in [0.717, 1.165) is 5.56 Å². The zero-order valence-corrected chi connectivity index (χ0v) is 14.6. The van der Waals surface area contributed by atoms with Crippen molar-refractivity contribution in [3.05, 3.63) is 63.5 Å². The van der Waals surface area contributed by atoms with Gasteiger partial charge in [-0.3, -0.25) is 0 Å². The number of aryl methyl sites for hydroxylation is 2. The predicted octanol–water partition coefficient (Wildman–Crippen LogP) is 5.55. The highest BCUT2D eigenvalue weighted by Crippen LogP contribution is 2.42. The number of halogens is 2. The number of hydrogen-bond acceptors (Lipinski definition) is 1. The second-order valence-electron chi connectivity index (χ2n) is 5.39. The molecule has 0 amide bonds. The van der Waals surface area contributed by atoms with Crippen molar-refractivity contribution in [1.29, 1.82) is 0 Å². The molecule has 1 unspecified atom stereocenters. The number of alkyl halides is 1. The minimum atomic E-state index is -0.255. The Morgan fingerprint density at radius 1 is 1.00 bits per heavy atom. The smallest absolute Gasteiger partial charge is 0.131 e. The Labute approximate surface area is 134 Å². The Balaban J connectivity index is 2.69. The third-order valence-electron chi connectivity index (χ3n) is 4.16. The van der Waals surface area contributed by atoms with E-state index in [0.29, 0.717) is 11.3 Å². The van der Waals surface area contributed by atoms with Crippen LogP contribution in [0.25, 0.3) is 0 Å². The molecule has 0 aliphatic heterocycles. The lowest BCUT2D eigenvalue weighted by molar-refractivity contribution is 0.405. The molecule has 21 heavy (non-hydrogen) atoms. The molecule has 0 aromatic heterocycles. The zero-order valence-electron chi connectivity index (χ0n) is 13.1. The van der Waals surface area contributed by atoms with E-state index in [-0.39, 0.29) is 10.6 Å². The molecule has 0 fully saturated rings. The van der Waals surface area contributed by atoms with Crippen molar-refractivity contribution in [1.82, 2.24) is 0 Å². The Bertz CT molecular complexity index is 653. The van der Waals surface area contributed by atoms with Gasteiger partial charge in [-0.15, -0.1) is 0 Å². The second kappa shape index (κ2) is 6.18. The fourth-order valence-electron chi connectivity index (χ4n) is 2.71. The Morgan fingerprint density at radius 2 is 1.57 bits per heavy atom. The second-order valence-corrected chi connectivity index (χ2v) is 6.31. The van der Waals surface area contributed by atoms with Crippen LogP contribution >= 0.6 is 15.9 Å². The topological polar surface area (TPSA) is 9.23 Å². The average Bonchev–Trinajstić information content (AvgIpc) is 2.44. The first kappa shape index (κ1) is 16.0. The van der Waals surface area contributed by atoms with Gasteiger partial charge in [0.1, 0.15) is 11.6 Å². The molecule has 0 bridgehead atoms. The largest absolute Gasteiger partial charge is 0.496 e. The molecule has 0 radical (unpaired) electrons. The van der Waals surface area contributed by atoms with Gasteiger partial charge in [-0.1, -0.05) is 28.1 Å². The summed E-state index contributed by atoms with van der Waals surface area (Å²) in [5.41, 5.74) is 6.48. The molecule has 0 saturated carbocycles. The highest BCUT2D eigenvalue weighted by atomic mass is 79.9. The molecular weight excluding hydrogens is 331 g/mol. The number of ether oxygens (including phenoxy) is 1. The van der Waals surface area contributed by atoms with Gasteiger partial charge in [0, 0.05) is 5.56 Å². The lowest BCUT2D eigenvalue weighted by Crippen LogP contribution is -2.06. The average molecular weight is 351 g/mol. The van der Waals surface area contributed by atoms with Gasteiger partial charge in [-0.2, -0.15) is 0 Å². The summed E-state index contributed by atoms with van der Waals surface area (Å²) >= 11 is 3.69. The fraction of sp³-hybridized carbons (Fsp3) is 0.333. The molecule has 2 aromatic rings. The summed E-state index contributed by atoms with van der Waals surface area (Å²) in [6.45, 7) is 8.34. The van der Waals surface area contributed by atoms with Crippen LogP contribution < -0.4 is 4.74 Å². The van der Waals surface area contributed by atoms with Crippen molar-refractivity contribution in [3.63, 3.8) is 0 Å².